The zero-order valence-corrected chi connectivity index (χ0v) is 13.1. The van der Waals surface area contributed by atoms with E-state index in [9.17, 15) is 4.79 Å². The molecular weight excluding hydrogens is 264 g/mol. The fourth-order valence-corrected chi connectivity index (χ4v) is 3.00. The van der Waals surface area contributed by atoms with E-state index in [1.807, 2.05) is 6.92 Å². The number of esters is 1. The van der Waals surface area contributed by atoms with Gasteiger partial charge in [0.1, 0.15) is 11.4 Å². The molecule has 1 fully saturated rings. The zero-order valence-electron chi connectivity index (χ0n) is 13.1. The molecule has 0 radical (unpaired) electrons. The van der Waals surface area contributed by atoms with Crippen LogP contribution in [0.3, 0.4) is 0 Å². The summed E-state index contributed by atoms with van der Waals surface area (Å²) in [5.41, 5.74) is 0.529. The number of hydrogen-bond acceptors (Lipinski definition) is 4. The Morgan fingerprint density at radius 1 is 1.29 bits per heavy atom. The van der Waals surface area contributed by atoms with Gasteiger partial charge in [-0.05, 0) is 43.7 Å². The highest BCUT2D eigenvalue weighted by Gasteiger charge is 2.20. The lowest BCUT2D eigenvalue weighted by molar-refractivity contribution is 0.0527. The minimum absolute atomic E-state index is 0.303. The molecule has 1 aromatic heterocycles. The number of aromatic nitrogens is 1. The summed E-state index contributed by atoms with van der Waals surface area (Å²) >= 11 is 0. The number of anilines is 1. The van der Waals surface area contributed by atoms with Gasteiger partial charge >= 0.3 is 5.97 Å². The molecule has 116 valence electrons. The standard InChI is InChI=1S/C17H26N2O2/c1-3-13-7-9-14(10-8-13)12-19-16-15(6-5-11-18-16)17(20)21-4-2/h5-6,11,13-14H,3-4,7-10,12H2,1-2H3,(H,18,19). The van der Waals surface area contributed by atoms with E-state index in [0.717, 1.165) is 12.5 Å². The first kappa shape index (κ1) is 15.8. The summed E-state index contributed by atoms with van der Waals surface area (Å²) < 4.78 is 5.07. The Balaban J connectivity index is 1.90. The van der Waals surface area contributed by atoms with Gasteiger partial charge < -0.3 is 10.1 Å². The van der Waals surface area contributed by atoms with E-state index >= 15 is 0 Å². The van der Waals surface area contributed by atoms with Gasteiger partial charge in [0.25, 0.3) is 0 Å². The first-order valence-corrected chi connectivity index (χ1v) is 8.10. The minimum atomic E-state index is -0.303. The molecule has 1 aliphatic carbocycles. The third kappa shape index (κ3) is 4.45. The number of nitrogens with zero attached hydrogens (tertiary/aromatic N) is 1. The number of ether oxygens (including phenoxy) is 1. The number of rotatable bonds is 6. The van der Waals surface area contributed by atoms with Gasteiger partial charge in [-0.1, -0.05) is 26.2 Å². The second kappa shape index (κ2) is 8.01. The molecule has 2 rings (SSSR count). The maximum Gasteiger partial charge on any atom is 0.341 e. The van der Waals surface area contributed by atoms with Gasteiger partial charge in [0.2, 0.25) is 0 Å². The highest BCUT2D eigenvalue weighted by Crippen LogP contribution is 2.30. The van der Waals surface area contributed by atoms with Crippen LogP contribution in [-0.2, 0) is 4.74 Å². The topological polar surface area (TPSA) is 51.2 Å². The van der Waals surface area contributed by atoms with Crippen molar-refractivity contribution in [3.05, 3.63) is 23.9 Å². The molecule has 1 aliphatic rings. The molecule has 21 heavy (non-hydrogen) atoms. The van der Waals surface area contributed by atoms with Crippen molar-refractivity contribution in [3.8, 4) is 0 Å². The molecule has 0 aliphatic heterocycles. The van der Waals surface area contributed by atoms with Crippen molar-refractivity contribution in [2.24, 2.45) is 11.8 Å². The van der Waals surface area contributed by atoms with Crippen LogP contribution >= 0.6 is 0 Å². The van der Waals surface area contributed by atoms with Crippen LogP contribution in [0.15, 0.2) is 18.3 Å². The zero-order chi connectivity index (χ0) is 15.1. The Morgan fingerprint density at radius 3 is 2.67 bits per heavy atom. The van der Waals surface area contributed by atoms with Crippen molar-refractivity contribution in [2.75, 3.05) is 18.5 Å². The Hall–Kier alpha value is -1.58. The molecular formula is C17H26N2O2. The summed E-state index contributed by atoms with van der Waals surface area (Å²) in [6.07, 6.45) is 8.21. The quantitative estimate of drug-likeness (QED) is 0.808. The summed E-state index contributed by atoms with van der Waals surface area (Å²) in [6.45, 7) is 5.37. The molecule has 1 saturated carbocycles. The first-order chi connectivity index (χ1) is 10.2. The molecule has 0 amide bonds. The Morgan fingerprint density at radius 2 is 2.00 bits per heavy atom. The average Bonchev–Trinajstić information content (AvgIpc) is 2.54. The Bertz CT molecular complexity index is 454. The van der Waals surface area contributed by atoms with Crippen molar-refractivity contribution < 1.29 is 9.53 Å². The highest BCUT2D eigenvalue weighted by atomic mass is 16.5. The van der Waals surface area contributed by atoms with Crippen molar-refractivity contribution in [3.63, 3.8) is 0 Å². The van der Waals surface area contributed by atoms with Gasteiger partial charge in [0.15, 0.2) is 0 Å². The molecule has 0 atom stereocenters. The monoisotopic (exact) mass is 290 g/mol. The van der Waals surface area contributed by atoms with Crippen LogP contribution in [-0.4, -0.2) is 24.1 Å². The van der Waals surface area contributed by atoms with Gasteiger partial charge in [-0.2, -0.15) is 0 Å². The molecule has 4 heteroatoms. The predicted molar refractivity (Wildman–Crippen MR) is 84.4 cm³/mol. The van der Waals surface area contributed by atoms with Crippen LogP contribution in [0.4, 0.5) is 5.82 Å². The summed E-state index contributed by atoms with van der Waals surface area (Å²) in [7, 11) is 0. The molecule has 1 heterocycles. The van der Waals surface area contributed by atoms with Gasteiger partial charge in [-0.25, -0.2) is 9.78 Å². The third-order valence-corrected chi connectivity index (χ3v) is 4.40. The number of carbonyl (C=O) groups is 1. The van der Waals surface area contributed by atoms with Crippen molar-refractivity contribution in [2.45, 2.75) is 46.0 Å². The first-order valence-electron chi connectivity index (χ1n) is 8.10. The number of carbonyl (C=O) groups excluding carboxylic acids is 1. The average molecular weight is 290 g/mol. The number of pyridine rings is 1. The normalized spacial score (nSPS) is 21.8. The lowest BCUT2D eigenvalue weighted by Gasteiger charge is -2.28. The summed E-state index contributed by atoms with van der Waals surface area (Å²) in [5, 5.41) is 3.34. The summed E-state index contributed by atoms with van der Waals surface area (Å²) in [5.74, 6) is 1.94. The van der Waals surface area contributed by atoms with Crippen LogP contribution < -0.4 is 5.32 Å². The lowest BCUT2D eigenvalue weighted by atomic mass is 9.81. The lowest BCUT2D eigenvalue weighted by Crippen LogP contribution is -2.22. The van der Waals surface area contributed by atoms with Crippen LogP contribution in [0.25, 0.3) is 0 Å². The molecule has 0 aromatic carbocycles. The maximum absolute atomic E-state index is 11.9. The largest absolute Gasteiger partial charge is 0.462 e. The van der Waals surface area contributed by atoms with E-state index < -0.39 is 0 Å². The second-order valence-corrected chi connectivity index (χ2v) is 5.80. The fraction of sp³-hybridized carbons (Fsp3) is 0.647. The molecule has 0 unspecified atom stereocenters. The molecule has 1 N–H and O–H groups in total. The third-order valence-electron chi connectivity index (χ3n) is 4.40. The molecule has 0 bridgehead atoms. The Labute approximate surface area is 127 Å². The Kier molecular flexibility index (Phi) is 6.03. The highest BCUT2D eigenvalue weighted by molar-refractivity contribution is 5.94. The molecule has 1 aromatic rings. The van der Waals surface area contributed by atoms with Crippen LogP contribution in [0.1, 0.15) is 56.3 Å². The van der Waals surface area contributed by atoms with Gasteiger partial charge in [0.05, 0.1) is 6.61 Å². The van der Waals surface area contributed by atoms with Crippen LogP contribution in [0.5, 0.6) is 0 Å². The number of nitrogens with one attached hydrogen (secondary N) is 1. The van der Waals surface area contributed by atoms with E-state index in [1.54, 1.807) is 18.3 Å². The van der Waals surface area contributed by atoms with Gasteiger partial charge in [-0.3, -0.25) is 0 Å². The van der Waals surface area contributed by atoms with Crippen LogP contribution in [0.2, 0.25) is 0 Å². The summed E-state index contributed by atoms with van der Waals surface area (Å²) in [4.78, 5) is 16.2. The molecule has 0 saturated heterocycles. The van der Waals surface area contributed by atoms with Crippen molar-refractivity contribution in [1.82, 2.24) is 4.98 Å². The minimum Gasteiger partial charge on any atom is -0.462 e. The maximum atomic E-state index is 11.9. The van der Waals surface area contributed by atoms with E-state index in [0.29, 0.717) is 23.9 Å². The number of hydrogen-bond donors (Lipinski definition) is 1. The van der Waals surface area contributed by atoms with Crippen LogP contribution in [0, 0.1) is 11.8 Å². The van der Waals surface area contributed by atoms with E-state index in [-0.39, 0.29) is 5.97 Å². The van der Waals surface area contributed by atoms with Gasteiger partial charge in [0, 0.05) is 12.7 Å². The predicted octanol–water partition coefficient (Wildman–Crippen LogP) is 3.89. The molecule has 4 nitrogen and oxygen atoms in total. The van der Waals surface area contributed by atoms with Gasteiger partial charge in [-0.15, -0.1) is 0 Å². The second-order valence-electron chi connectivity index (χ2n) is 5.80. The van der Waals surface area contributed by atoms with E-state index in [2.05, 4.69) is 17.2 Å². The van der Waals surface area contributed by atoms with Crippen molar-refractivity contribution in [1.29, 1.82) is 0 Å². The fourth-order valence-electron chi connectivity index (χ4n) is 3.00. The summed E-state index contributed by atoms with van der Waals surface area (Å²) in [6, 6.07) is 3.53. The van der Waals surface area contributed by atoms with E-state index in [1.165, 1.54) is 32.1 Å². The molecule has 0 spiro atoms. The van der Waals surface area contributed by atoms with Crippen molar-refractivity contribution >= 4 is 11.8 Å². The van der Waals surface area contributed by atoms with E-state index in [4.69, 9.17) is 4.74 Å². The smallest absolute Gasteiger partial charge is 0.341 e. The SMILES string of the molecule is CCOC(=O)c1cccnc1NCC1CCC(CC)CC1.